The van der Waals surface area contributed by atoms with Gasteiger partial charge in [-0.15, -0.1) is 0 Å². The predicted molar refractivity (Wildman–Crippen MR) is 138 cm³/mol. The second-order valence-corrected chi connectivity index (χ2v) is 9.67. The molecule has 194 valence electrons. The fourth-order valence-electron chi connectivity index (χ4n) is 4.38. The molecule has 36 heavy (non-hydrogen) atoms. The number of ether oxygens (including phenoxy) is 1. The van der Waals surface area contributed by atoms with Crippen LogP contribution in [0.25, 0.3) is 0 Å². The van der Waals surface area contributed by atoms with Crippen LogP contribution in [0.1, 0.15) is 54.7 Å². The fourth-order valence-corrected chi connectivity index (χ4v) is 4.38. The van der Waals surface area contributed by atoms with Crippen molar-refractivity contribution < 1.29 is 24.2 Å². The van der Waals surface area contributed by atoms with Crippen molar-refractivity contribution in [3.63, 3.8) is 0 Å². The third-order valence-corrected chi connectivity index (χ3v) is 6.67. The maximum absolute atomic E-state index is 11.6. The van der Waals surface area contributed by atoms with E-state index in [1.807, 2.05) is 17.0 Å². The lowest BCUT2D eigenvalue weighted by Gasteiger charge is -2.29. The molecule has 2 saturated heterocycles. The Morgan fingerprint density at radius 2 is 1.69 bits per heavy atom. The van der Waals surface area contributed by atoms with Crippen molar-refractivity contribution in [3.8, 4) is 5.75 Å². The quantitative estimate of drug-likeness (QED) is 0.447. The highest BCUT2D eigenvalue weighted by Crippen LogP contribution is 2.28. The van der Waals surface area contributed by atoms with Gasteiger partial charge in [-0.1, -0.05) is 42.0 Å². The number of piperidine rings is 1. The number of carbonyl (C=O) groups excluding carboxylic acids is 2. The monoisotopic (exact) mass is 495 g/mol. The normalized spacial score (nSPS) is 17.3. The zero-order valence-electron chi connectivity index (χ0n) is 21.2. The fraction of sp³-hybridized carbons (Fsp3) is 0.464. The highest BCUT2D eigenvalue weighted by atomic mass is 16.5. The molecule has 2 fully saturated rings. The summed E-state index contributed by atoms with van der Waals surface area (Å²) in [6.07, 6.45) is 3.66. The molecule has 8 heteroatoms. The molecule has 2 heterocycles. The summed E-state index contributed by atoms with van der Waals surface area (Å²) in [7, 11) is 2.13. The Morgan fingerprint density at radius 1 is 1.06 bits per heavy atom. The van der Waals surface area contributed by atoms with Gasteiger partial charge in [0.05, 0.1) is 6.42 Å². The first-order valence-electron chi connectivity index (χ1n) is 12.5. The number of benzene rings is 2. The highest BCUT2D eigenvalue weighted by molar-refractivity contribution is 5.82. The Morgan fingerprint density at radius 3 is 2.25 bits per heavy atom. The lowest BCUT2D eigenvalue weighted by atomic mass is 9.90. The molecule has 0 aromatic heterocycles. The van der Waals surface area contributed by atoms with Crippen LogP contribution in [0.15, 0.2) is 48.5 Å². The predicted octanol–water partition coefficient (Wildman–Crippen LogP) is 3.32. The molecule has 2 aromatic carbocycles. The molecule has 0 bridgehead atoms. The number of aliphatic carboxylic acids is 1. The average Bonchev–Trinajstić information content (AvgIpc) is 3.26. The van der Waals surface area contributed by atoms with Gasteiger partial charge in [0.15, 0.2) is 0 Å². The van der Waals surface area contributed by atoms with Crippen molar-refractivity contribution in [1.82, 2.24) is 9.80 Å². The Kier molecular flexibility index (Phi) is 10.0. The van der Waals surface area contributed by atoms with Crippen molar-refractivity contribution in [2.24, 2.45) is 5.73 Å². The van der Waals surface area contributed by atoms with E-state index in [9.17, 15) is 14.4 Å². The van der Waals surface area contributed by atoms with Gasteiger partial charge in [0.2, 0.25) is 5.91 Å². The molecule has 1 unspecified atom stereocenters. The molecule has 0 aliphatic carbocycles. The summed E-state index contributed by atoms with van der Waals surface area (Å²) in [4.78, 5) is 37.8. The number of aryl methyl sites for hydroxylation is 1. The minimum Gasteiger partial charge on any atom is -0.480 e. The Hall–Kier alpha value is -3.23. The molecular formula is C28H37N3O5. The van der Waals surface area contributed by atoms with E-state index in [0.717, 1.165) is 51.9 Å². The number of hydrogen-bond acceptors (Lipinski definition) is 6. The van der Waals surface area contributed by atoms with E-state index in [2.05, 4.69) is 43.1 Å². The number of carboxylic acids is 1. The van der Waals surface area contributed by atoms with Crippen LogP contribution in [0.5, 0.6) is 5.75 Å². The van der Waals surface area contributed by atoms with Crippen LogP contribution in [-0.2, 0) is 20.9 Å². The maximum Gasteiger partial charge on any atom is 0.321 e. The van der Waals surface area contributed by atoms with E-state index >= 15 is 0 Å². The van der Waals surface area contributed by atoms with Crippen molar-refractivity contribution in [2.45, 2.75) is 57.5 Å². The molecule has 1 atom stereocenters. The van der Waals surface area contributed by atoms with Crippen molar-refractivity contribution in [3.05, 3.63) is 65.2 Å². The second-order valence-electron chi connectivity index (χ2n) is 9.67. The summed E-state index contributed by atoms with van der Waals surface area (Å²) < 4.78 is 5.10. The van der Waals surface area contributed by atoms with Crippen molar-refractivity contribution >= 4 is 17.8 Å². The van der Waals surface area contributed by atoms with Crippen LogP contribution in [0.4, 0.5) is 0 Å². The zero-order chi connectivity index (χ0) is 26.1. The number of esters is 1. The Balaban J connectivity index is 0.000000221. The number of carbonyl (C=O) groups is 3. The van der Waals surface area contributed by atoms with Gasteiger partial charge in [-0.05, 0) is 75.5 Å². The number of nitrogens with two attached hydrogens (primary N) is 1. The minimum absolute atomic E-state index is 0.297. The summed E-state index contributed by atoms with van der Waals surface area (Å²) in [6, 6.07) is 14.6. The van der Waals surface area contributed by atoms with E-state index in [1.165, 1.54) is 16.7 Å². The maximum atomic E-state index is 11.6. The number of amides is 1. The number of likely N-dealkylation sites (tertiary alicyclic amines) is 2. The first-order valence-corrected chi connectivity index (χ1v) is 12.5. The molecule has 2 aliphatic rings. The van der Waals surface area contributed by atoms with Gasteiger partial charge in [0, 0.05) is 19.5 Å². The van der Waals surface area contributed by atoms with Crippen LogP contribution in [0.3, 0.4) is 0 Å². The molecule has 2 aliphatic heterocycles. The third-order valence-electron chi connectivity index (χ3n) is 6.67. The van der Waals surface area contributed by atoms with Crippen LogP contribution in [0.2, 0.25) is 0 Å². The first kappa shape index (κ1) is 27.4. The van der Waals surface area contributed by atoms with E-state index < -0.39 is 18.0 Å². The van der Waals surface area contributed by atoms with E-state index in [1.54, 1.807) is 12.1 Å². The van der Waals surface area contributed by atoms with Gasteiger partial charge in [0.25, 0.3) is 0 Å². The first-order chi connectivity index (χ1) is 17.2. The average molecular weight is 496 g/mol. The molecular weight excluding hydrogens is 458 g/mol. The van der Waals surface area contributed by atoms with E-state index in [0.29, 0.717) is 17.6 Å². The lowest BCUT2D eigenvalue weighted by molar-refractivity contribution is -0.143. The van der Waals surface area contributed by atoms with Crippen LogP contribution >= 0.6 is 0 Å². The standard InChI is InChI=1S/C16H22N2O4.C12H15NO/c1-18-8-6-12(7-9-18)11-2-4-13(5-3-11)22-15(19)10-14(17)16(20)21;1-10-4-6-11(7-5-10)9-13-8-2-3-12(13)14/h2-5,12,14H,6-10,17H2,1H3,(H,20,21);4-7H,2-3,8-9H2,1H3. The smallest absolute Gasteiger partial charge is 0.321 e. The SMILES string of the molecule is CN1CCC(c2ccc(OC(=O)CC(N)C(=O)O)cc2)CC1.Cc1ccc(CN2CCCC2=O)cc1. The van der Waals surface area contributed by atoms with Gasteiger partial charge in [-0.2, -0.15) is 0 Å². The Labute approximate surface area is 213 Å². The van der Waals surface area contributed by atoms with Crippen molar-refractivity contribution in [1.29, 1.82) is 0 Å². The highest BCUT2D eigenvalue weighted by Gasteiger charge is 2.21. The van der Waals surface area contributed by atoms with Crippen LogP contribution in [-0.4, -0.2) is 65.5 Å². The molecule has 0 spiro atoms. The van der Waals surface area contributed by atoms with E-state index in [-0.39, 0.29) is 6.42 Å². The molecule has 4 rings (SSSR count). The summed E-state index contributed by atoms with van der Waals surface area (Å²) >= 11 is 0. The second kappa shape index (κ2) is 13.2. The largest absolute Gasteiger partial charge is 0.480 e. The number of rotatable bonds is 7. The summed E-state index contributed by atoms with van der Waals surface area (Å²) in [5.41, 5.74) is 9.04. The topological polar surface area (TPSA) is 113 Å². The van der Waals surface area contributed by atoms with Crippen LogP contribution in [0, 0.1) is 6.92 Å². The molecule has 2 aromatic rings. The van der Waals surface area contributed by atoms with Gasteiger partial charge < -0.3 is 25.4 Å². The number of nitrogens with zero attached hydrogens (tertiary/aromatic N) is 2. The van der Waals surface area contributed by atoms with Gasteiger partial charge >= 0.3 is 11.9 Å². The molecule has 0 radical (unpaired) electrons. The molecule has 0 saturated carbocycles. The van der Waals surface area contributed by atoms with E-state index in [4.69, 9.17) is 15.6 Å². The summed E-state index contributed by atoms with van der Waals surface area (Å²) in [6.45, 7) is 5.96. The van der Waals surface area contributed by atoms with Crippen molar-refractivity contribution in [2.75, 3.05) is 26.7 Å². The lowest BCUT2D eigenvalue weighted by Crippen LogP contribution is -2.33. The third kappa shape index (κ3) is 8.46. The van der Waals surface area contributed by atoms with Gasteiger partial charge in [-0.3, -0.25) is 14.4 Å². The minimum atomic E-state index is -1.23. The zero-order valence-corrected chi connectivity index (χ0v) is 21.2. The molecule has 1 amide bonds. The molecule has 8 nitrogen and oxygen atoms in total. The molecule has 3 N–H and O–H groups in total. The van der Waals surface area contributed by atoms with Crippen LogP contribution < -0.4 is 10.5 Å². The number of carboxylic acid groups (broad SMARTS) is 1. The number of hydrogen-bond donors (Lipinski definition) is 2. The van der Waals surface area contributed by atoms with Gasteiger partial charge in [-0.25, -0.2) is 0 Å². The Bertz CT molecular complexity index is 1010. The summed E-state index contributed by atoms with van der Waals surface area (Å²) in [5.74, 6) is -0.595. The summed E-state index contributed by atoms with van der Waals surface area (Å²) in [5, 5.41) is 8.66. The van der Waals surface area contributed by atoms with Gasteiger partial charge in [0.1, 0.15) is 11.8 Å².